The summed E-state index contributed by atoms with van der Waals surface area (Å²) in [4.78, 5) is 11.9. The average molecular weight is 533 g/mol. The molecule has 0 saturated heterocycles. The molecule has 0 bridgehead atoms. The summed E-state index contributed by atoms with van der Waals surface area (Å²) in [5, 5.41) is 6.10. The maximum atomic E-state index is 11.9. The first-order valence-corrected chi connectivity index (χ1v) is 13.5. The maximum absolute atomic E-state index is 11.9. The Labute approximate surface area is 156 Å². The van der Waals surface area contributed by atoms with Crippen LogP contribution in [-0.4, -0.2) is 32.7 Å². The lowest BCUT2D eigenvalue weighted by molar-refractivity contribution is 0.0953. The number of ether oxygens (including phenoxy) is 1. The average Bonchev–Trinajstić information content (AvgIpc) is 2.54. The lowest BCUT2D eigenvalue weighted by Gasteiger charge is -2.11. The Morgan fingerprint density at radius 1 is 1.27 bits per heavy atom. The molecule has 0 aromatic heterocycles. The molecule has 0 spiro atoms. The minimum Gasteiger partial charge on any atom is -0.397 e. The molecular weight excluding hydrogens is 508 g/mol. The van der Waals surface area contributed by atoms with Crippen molar-refractivity contribution >= 4 is 54.5 Å². The van der Waals surface area contributed by atoms with Crippen LogP contribution in [0.25, 0.3) is 0 Å². The third kappa shape index (κ3) is 8.99. The minimum atomic E-state index is -0.0731. The van der Waals surface area contributed by atoms with Gasteiger partial charge in [-0.3, -0.25) is 4.79 Å². The molecule has 0 unspecified atom stereocenters. The highest BCUT2D eigenvalue weighted by Gasteiger charge is 2.07. The van der Waals surface area contributed by atoms with Crippen LogP contribution in [0.15, 0.2) is 18.2 Å². The Morgan fingerprint density at radius 2 is 2.00 bits per heavy atom. The van der Waals surface area contributed by atoms with Crippen molar-refractivity contribution in [1.29, 1.82) is 0 Å². The third-order valence-electron chi connectivity index (χ3n) is 2.97. The number of rotatable bonds is 9. The van der Waals surface area contributed by atoms with Gasteiger partial charge in [-0.05, 0) is 31.0 Å². The van der Waals surface area contributed by atoms with Crippen molar-refractivity contribution in [2.75, 3.05) is 37.9 Å². The van der Waals surface area contributed by atoms with Crippen LogP contribution in [-0.2, 0) is 4.74 Å². The molecule has 4 N–H and O–H groups in total. The monoisotopic (exact) mass is 533 g/mol. The van der Waals surface area contributed by atoms with Crippen LogP contribution in [0.1, 0.15) is 36.5 Å². The van der Waals surface area contributed by atoms with Gasteiger partial charge in [0.15, 0.2) is 0 Å². The topological polar surface area (TPSA) is 76.4 Å². The predicted molar refractivity (Wildman–Crippen MR) is 111 cm³/mol. The van der Waals surface area contributed by atoms with E-state index in [4.69, 9.17) is 10.5 Å². The summed E-state index contributed by atoms with van der Waals surface area (Å²) < 4.78 is 4.98. The molecule has 5 nitrogen and oxygen atoms in total. The fourth-order valence-electron chi connectivity index (χ4n) is 1.79. The molecule has 0 aliphatic rings. The molecule has 7 heteroatoms. The standard InChI is InChI=1S/C15H25N3O2.I2/c1-3-4-8-18-15(19)12-6-7-14(13(16)11-12)17-9-5-10-20-2;1-2/h6-7,11,17H,3-5,8-10,16H2,1-2H3,(H,18,19);. The highest BCUT2D eigenvalue weighted by molar-refractivity contribution is 15.0. The van der Waals surface area contributed by atoms with Crippen LogP contribution in [0, 0.1) is 0 Å². The number of anilines is 2. The number of carbonyl (C=O) groups is 1. The lowest BCUT2D eigenvalue weighted by atomic mass is 10.1. The number of halogens is 2. The predicted octanol–water partition coefficient (Wildman–Crippen LogP) is 4.02. The minimum absolute atomic E-state index is 0.0731. The number of amides is 1. The number of nitrogen functional groups attached to an aromatic ring is 1. The Bertz CT molecular complexity index is 431. The van der Waals surface area contributed by atoms with Crippen LogP contribution in [0.5, 0.6) is 0 Å². The van der Waals surface area contributed by atoms with Crippen molar-refractivity contribution in [3.8, 4) is 0 Å². The van der Waals surface area contributed by atoms with Gasteiger partial charge in [0.25, 0.3) is 5.91 Å². The van der Waals surface area contributed by atoms with Crippen LogP contribution >= 0.6 is 37.2 Å². The molecule has 0 radical (unpaired) electrons. The first-order valence-electron chi connectivity index (χ1n) is 7.23. The SMILES string of the molecule is CCCCNC(=O)c1ccc(NCCCOC)c(N)c1.II. The summed E-state index contributed by atoms with van der Waals surface area (Å²) in [7, 11) is 1.68. The molecule has 1 amide bonds. The van der Waals surface area contributed by atoms with E-state index >= 15 is 0 Å². The van der Waals surface area contributed by atoms with Gasteiger partial charge in [0.1, 0.15) is 0 Å². The summed E-state index contributed by atoms with van der Waals surface area (Å²) in [6.07, 6.45) is 2.96. The number of hydrogen-bond donors (Lipinski definition) is 3. The maximum Gasteiger partial charge on any atom is 0.251 e. The molecule has 0 fully saturated rings. The smallest absolute Gasteiger partial charge is 0.251 e. The Morgan fingerprint density at radius 3 is 2.59 bits per heavy atom. The summed E-state index contributed by atoms with van der Waals surface area (Å²) >= 11 is 4.24. The van der Waals surface area contributed by atoms with E-state index in [2.05, 4.69) is 54.8 Å². The molecule has 1 rings (SSSR count). The van der Waals surface area contributed by atoms with E-state index in [-0.39, 0.29) is 5.91 Å². The quantitative estimate of drug-likeness (QED) is 0.255. The van der Waals surface area contributed by atoms with E-state index in [1.807, 2.05) is 6.07 Å². The van der Waals surface area contributed by atoms with Gasteiger partial charge in [-0.25, -0.2) is 0 Å². The van der Waals surface area contributed by atoms with Gasteiger partial charge < -0.3 is 21.1 Å². The van der Waals surface area contributed by atoms with Crippen LogP contribution < -0.4 is 16.4 Å². The van der Waals surface area contributed by atoms with Gasteiger partial charge in [0.2, 0.25) is 0 Å². The van der Waals surface area contributed by atoms with E-state index in [0.717, 1.165) is 31.5 Å². The second-order valence-corrected chi connectivity index (χ2v) is 4.68. The number of hydrogen-bond acceptors (Lipinski definition) is 4. The first-order chi connectivity index (χ1) is 10.7. The summed E-state index contributed by atoms with van der Waals surface area (Å²) in [6.45, 7) is 4.30. The van der Waals surface area contributed by atoms with Crippen molar-refractivity contribution in [2.24, 2.45) is 0 Å². The van der Waals surface area contributed by atoms with E-state index in [0.29, 0.717) is 24.4 Å². The highest BCUT2D eigenvalue weighted by atomic mass is 128. The molecule has 1 aromatic rings. The van der Waals surface area contributed by atoms with Gasteiger partial charge >= 0.3 is 0 Å². The normalized spacial score (nSPS) is 9.64. The Kier molecular flexibility index (Phi) is 14.1. The number of unbranched alkanes of at least 4 members (excludes halogenated alkanes) is 1. The zero-order chi connectivity index (χ0) is 16.8. The fourth-order valence-corrected chi connectivity index (χ4v) is 1.79. The zero-order valence-electron chi connectivity index (χ0n) is 13.1. The van der Waals surface area contributed by atoms with Gasteiger partial charge in [0.05, 0.1) is 11.4 Å². The fraction of sp³-hybridized carbons (Fsp3) is 0.533. The molecule has 0 aliphatic heterocycles. The van der Waals surface area contributed by atoms with Crippen molar-refractivity contribution in [3.63, 3.8) is 0 Å². The molecule has 22 heavy (non-hydrogen) atoms. The number of benzene rings is 1. The molecular formula is C15H25I2N3O2. The summed E-state index contributed by atoms with van der Waals surface area (Å²) in [5.74, 6) is -0.0731. The van der Waals surface area contributed by atoms with Crippen molar-refractivity contribution in [3.05, 3.63) is 23.8 Å². The highest BCUT2D eigenvalue weighted by Crippen LogP contribution is 2.19. The second-order valence-electron chi connectivity index (χ2n) is 4.68. The van der Waals surface area contributed by atoms with Gasteiger partial charge in [-0.15, -0.1) is 0 Å². The van der Waals surface area contributed by atoms with Gasteiger partial charge in [-0.2, -0.15) is 0 Å². The van der Waals surface area contributed by atoms with Crippen LogP contribution in [0.3, 0.4) is 0 Å². The molecule has 1 aromatic carbocycles. The number of carbonyl (C=O) groups excluding carboxylic acids is 1. The second kappa shape index (κ2) is 14.3. The molecule has 0 atom stereocenters. The van der Waals surface area contributed by atoms with Crippen molar-refractivity contribution in [2.45, 2.75) is 26.2 Å². The van der Waals surface area contributed by atoms with Crippen LogP contribution in [0.4, 0.5) is 11.4 Å². The zero-order valence-corrected chi connectivity index (χ0v) is 17.4. The first kappa shape index (κ1) is 21.7. The van der Waals surface area contributed by atoms with E-state index in [1.165, 1.54) is 0 Å². The van der Waals surface area contributed by atoms with Crippen molar-refractivity contribution in [1.82, 2.24) is 5.32 Å². The molecule has 0 aliphatic carbocycles. The number of nitrogens with one attached hydrogen (secondary N) is 2. The third-order valence-corrected chi connectivity index (χ3v) is 2.97. The molecule has 0 heterocycles. The molecule has 0 saturated carbocycles. The van der Waals surface area contributed by atoms with Crippen molar-refractivity contribution < 1.29 is 9.53 Å². The van der Waals surface area contributed by atoms with E-state index in [1.54, 1.807) is 19.2 Å². The molecule has 126 valence electrons. The number of nitrogens with two attached hydrogens (primary N) is 1. The van der Waals surface area contributed by atoms with Crippen LogP contribution in [0.2, 0.25) is 0 Å². The Hall–Kier alpha value is -0.290. The largest absolute Gasteiger partial charge is 0.397 e. The van der Waals surface area contributed by atoms with Gasteiger partial charge in [-0.1, -0.05) is 13.3 Å². The lowest BCUT2D eigenvalue weighted by Crippen LogP contribution is -2.24. The number of methoxy groups -OCH3 is 1. The van der Waals surface area contributed by atoms with Gasteiger partial charge in [0, 0.05) is 69.6 Å². The Balaban J connectivity index is 0.00000211. The van der Waals surface area contributed by atoms with E-state index in [9.17, 15) is 4.79 Å². The van der Waals surface area contributed by atoms with E-state index < -0.39 is 0 Å². The summed E-state index contributed by atoms with van der Waals surface area (Å²) in [5.41, 5.74) is 7.99. The summed E-state index contributed by atoms with van der Waals surface area (Å²) in [6, 6.07) is 5.34.